The maximum Gasteiger partial charge on any atom is 0.232 e. The van der Waals surface area contributed by atoms with Crippen molar-refractivity contribution in [3.63, 3.8) is 0 Å². The lowest BCUT2D eigenvalue weighted by Gasteiger charge is -2.36. The Hall–Kier alpha value is -3.73. The summed E-state index contributed by atoms with van der Waals surface area (Å²) in [6.07, 6.45) is 3.12. The number of carbonyl (C=O) groups is 2. The summed E-state index contributed by atoms with van der Waals surface area (Å²) in [7, 11) is 0. The molecule has 1 atom stereocenters. The molecule has 0 bridgehead atoms. The van der Waals surface area contributed by atoms with E-state index in [2.05, 4.69) is 24.1 Å². The fourth-order valence-electron chi connectivity index (χ4n) is 4.94. The Labute approximate surface area is 194 Å². The number of carbonyl (C=O) groups excluding carboxylic acids is 2. The van der Waals surface area contributed by atoms with E-state index < -0.39 is 6.04 Å². The first-order chi connectivity index (χ1) is 15.9. The van der Waals surface area contributed by atoms with Crippen LogP contribution in [0.5, 0.6) is 0 Å². The molecule has 33 heavy (non-hydrogen) atoms. The van der Waals surface area contributed by atoms with Crippen LogP contribution in [0.2, 0.25) is 0 Å². The Morgan fingerprint density at radius 2 is 1.73 bits per heavy atom. The van der Waals surface area contributed by atoms with Crippen molar-refractivity contribution in [3.05, 3.63) is 102 Å². The van der Waals surface area contributed by atoms with E-state index >= 15 is 0 Å². The number of fused-ring (bicyclic) bond motifs is 1. The molecule has 1 N–H and O–H groups in total. The monoisotopic (exact) mass is 437 g/mol. The van der Waals surface area contributed by atoms with Gasteiger partial charge in [-0.1, -0.05) is 62.4 Å². The highest BCUT2D eigenvalue weighted by Crippen LogP contribution is 2.48. The van der Waals surface area contributed by atoms with Crippen LogP contribution in [0.4, 0.5) is 11.4 Å². The van der Waals surface area contributed by atoms with Gasteiger partial charge in [0.05, 0.1) is 23.5 Å². The normalized spacial score (nSPS) is 19.3. The van der Waals surface area contributed by atoms with Crippen LogP contribution in [-0.4, -0.2) is 16.7 Å². The average molecular weight is 438 g/mol. The van der Waals surface area contributed by atoms with Gasteiger partial charge in [-0.3, -0.25) is 19.5 Å². The molecule has 2 aliphatic rings. The van der Waals surface area contributed by atoms with Crippen LogP contribution >= 0.6 is 0 Å². The van der Waals surface area contributed by atoms with Crippen molar-refractivity contribution in [2.75, 3.05) is 10.2 Å². The minimum absolute atomic E-state index is 0.0646. The average Bonchev–Trinajstić information content (AvgIpc) is 2.94. The summed E-state index contributed by atoms with van der Waals surface area (Å²) in [5, 5.41) is 3.53. The zero-order valence-electron chi connectivity index (χ0n) is 18.9. The lowest BCUT2D eigenvalue weighted by Crippen LogP contribution is -2.40. The first-order valence-electron chi connectivity index (χ1n) is 11.3. The third-order valence-electron chi connectivity index (χ3n) is 6.34. The number of amides is 1. The molecule has 0 saturated carbocycles. The molecule has 0 saturated heterocycles. The Bertz CT molecular complexity index is 1230. The molecule has 0 fully saturated rings. The predicted octanol–water partition coefficient (Wildman–Crippen LogP) is 5.47. The van der Waals surface area contributed by atoms with E-state index in [4.69, 9.17) is 0 Å². The second-order valence-electron chi connectivity index (χ2n) is 9.56. The summed E-state index contributed by atoms with van der Waals surface area (Å²) in [6.45, 7) is 4.22. The SMILES string of the molecule is CC1(C)CC(=O)C2=C(C1)Nc1ccccc1N(C(=O)Cc1ccccc1)[C@H]2c1ccccn1. The molecule has 0 radical (unpaired) electrons. The standard InChI is InChI=1S/C28H27N3O2/c1-28(2)17-22-26(24(32)18-28)27(21-13-8-9-15-29-21)31(23-14-7-6-12-20(23)30-22)25(33)16-19-10-4-3-5-11-19/h3-15,27,30H,16-18H2,1-2H3/t27-/m0/s1. The van der Waals surface area contributed by atoms with Gasteiger partial charge in [-0.25, -0.2) is 0 Å². The highest BCUT2D eigenvalue weighted by Gasteiger charge is 2.43. The lowest BCUT2D eigenvalue weighted by molar-refractivity contribution is -0.119. The van der Waals surface area contributed by atoms with Crippen molar-refractivity contribution < 1.29 is 9.59 Å². The molecule has 5 nitrogen and oxygen atoms in total. The van der Waals surface area contributed by atoms with Crippen LogP contribution in [0.15, 0.2) is 90.3 Å². The maximum absolute atomic E-state index is 13.9. The number of pyridine rings is 1. The van der Waals surface area contributed by atoms with Gasteiger partial charge < -0.3 is 5.32 Å². The van der Waals surface area contributed by atoms with Crippen LogP contribution in [0.1, 0.15) is 44.0 Å². The van der Waals surface area contributed by atoms with Gasteiger partial charge in [0.1, 0.15) is 6.04 Å². The number of allylic oxidation sites excluding steroid dienone is 1. The number of nitrogens with zero attached hydrogens (tertiary/aromatic N) is 2. The smallest absolute Gasteiger partial charge is 0.232 e. The van der Waals surface area contributed by atoms with E-state index in [0.29, 0.717) is 17.7 Å². The summed E-state index contributed by atoms with van der Waals surface area (Å²) in [4.78, 5) is 33.9. The highest BCUT2D eigenvalue weighted by atomic mass is 16.2. The molecule has 3 aromatic rings. The molecule has 1 aliphatic heterocycles. The van der Waals surface area contributed by atoms with Crippen molar-refractivity contribution in [3.8, 4) is 0 Å². The number of rotatable bonds is 3. The van der Waals surface area contributed by atoms with Gasteiger partial charge >= 0.3 is 0 Å². The molecule has 5 heteroatoms. The second-order valence-corrected chi connectivity index (χ2v) is 9.56. The minimum atomic E-state index is -0.586. The van der Waals surface area contributed by atoms with Crippen LogP contribution in [0.3, 0.4) is 0 Å². The topological polar surface area (TPSA) is 62.3 Å². The van der Waals surface area contributed by atoms with Crippen LogP contribution in [0.25, 0.3) is 0 Å². The summed E-state index contributed by atoms with van der Waals surface area (Å²) < 4.78 is 0. The lowest BCUT2D eigenvalue weighted by atomic mass is 9.73. The van der Waals surface area contributed by atoms with Gasteiger partial charge in [-0.2, -0.15) is 0 Å². The predicted molar refractivity (Wildman–Crippen MR) is 130 cm³/mol. The summed E-state index contributed by atoms with van der Waals surface area (Å²) in [5.74, 6) is -0.00722. The second kappa shape index (κ2) is 8.32. The van der Waals surface area contributed by atoms with E-state index in [1.807, 2.05) is 72.8 Å². The fraction of sp³-hybridized carbons (Fsp3) is 0.250. The molecule has 0 spiro atoms. The maximum atomic E-state index is 13.9. The van der Waals surface area contributed by atoms with Crippen molar-refractivity contribution in [1.82, 2.24) is 4.98 Å². The fourth-order valence-corrected chi connectivity index (χ4v) is 4.94. The largest absolute Gasteiger partial charge is 0.357 e. The molecule has 1 amide bonds. The number of hydrogen-bond donors (Lipinski definition) is 1. The van der Waals surface area contributed by atoms with E-state index in [0.717, 1.165) is 29.1 Å². The molecule has 1 aliphatic carbocycles. The van der Waals surface area contributed by atoms with Crippen molar-refractivity contribution in [2.24, 2.45) is 5.41 Å². The molecule has 2 heterocycles. The third-order valence-corrected chi connectivity index (χ3v) is 6.34. The van der Waals surface area contributed by atoms with Crippen LogP contribution in [-0.2, 0) is 16.0 Å². The number of hydrogen-bond acceptors (Lipinski definition) is 4. The molecule has 5 rings (SSSR count). The van der Waals surface area contributed by atoms with Gasteiger partial charge in [-0.15, -0.1) is 0 Å². The summed E-state index contributed by atoms with van der Waals surface area (Å²) in [6, 6.07) is 22.6. The number of para-hydroxylation sites is 2. The number of ketones is 1. The van der Waals surface area contributed by atoms with Crippen LogP contribution in [0, 0.1) is 5.41 Å². The Kier molecular flexibility index (Phi) is 5.33. The quantitative estimate of drug-likeness (QED) is 0.590. The van der Waals surface area contributed by atoms with Gasteiger partial charge in [0.25, 0.3) is 0 Å². The van der Waals surface area contributed by atoms with E-state index in [1.54, 1.807) is 11.1 Å². The van der Waals surface area contributed by atoms with Gasteiger partial charge in [0.2, 0.25) is 5.91 Å². The van der Waals surface area contributed by atoms with Gasteiger partial charge in [-0.05, 0) is 41.7 Å². The van der Waals surface area contributed by atoms with Crippen molar-refractivity contribution >= 4 is 23.1 Å². The first kappa shape index (κ1) is 21.1. The Morgan fingerprint density at radius 1 is 1.00 bits per heavy atom. The van der Waals surface area contributed by atoms with Crippen LogP contribution < -0.4 is 10.2 Å². The molecule has 1 aromatic heterocycles. The molecule has 2 aromatic carbocycles. The van der Waals surface area contributed by atoms with E-state index in [1.165, 1.54) is 0 Å². The van der Waals surface area contributed by atoms with Gasteiger partial charge in [0, 0.05) is 23.9 Å². The Balaban J connectivity index is 1.71. The number of anilines is 2. The number of Topliss-reactive ketones (excluding diaryl/α,β-unsaturated/α-hetero) is 1. The minimum Gasteiger partial charge on any atom is -0.357 e. The zero-order valence-corrected chi connectivity index (χ0v) is 18.9. The number of aromatic nitrogens is 1. The number of nitrogens with one attached hydrogen (secondary N) is 1. The van der Waals surface area contributed by atoms with Crippen molar-refractivity contribution in [1.29, 1.82) is 0 Å². The number of benzene rings is 2. The first-order valence-corrected chi connectivity index (χ1v) is 11.3. The van der Waals surface area contributed by atoms with E-state index in [9.17, 15) is 9.59 Å². The van der Waals surface area contributed by atoms with E-state index in [-0.39, 0.29) is 23.5 Å². The molecular formula is C28H27N3O2. The third kappa shape index (κ3) is 4.07. The van der Waals surface area contributed by atoms with Crippen molar-refractivity contribution in [2.45, 2.75) is 39.2 Å². The molecule has 166 valence electrons. The molecular weight excluding hydrogens is 410 g/mol. The Morgan fingerprint density at radius 3 is 2.48 bits per heavy atom. The highest BCUT2D eigenvalue weighted by molar-refractivity contribution is 6.06. The zero-order chi connectivity index (χ0) is 23.0. The summed E-state index contributed by atoms with van der Waals surface area (Å²) in [5.41, 5.74) is 4.58. The van der Waals surface area contributed by atoms with Gasteiger partial charge in [0.15, 0.2) is 5.78 Å². The summed E-state index contributed by atoms with van der Waals surface area (Å²) >= 11 is 0. The molecule has 0 unspecified atom stereocenters.